The van der Waals surface area contributed by atoms with Crippen molar-refractivity contribution in [2.75, 3.05) is 13.1 Å². The van der Waals surface area contributed by atoms with Gasteiger partial charge in [0.25, 0.3) is 0 Å². The Morgan fingerprint density at radius 2 is 1.79 bits per heavy atom. The predicted octanol–water partition coefficient (Wildman–Crippen LogP) is 0.311. The van der Waals surface area contributed by atoms with Gasteiger partial charge in [0.05, 0.1) is 5.92 Å². The van der Waals surface area contributed by atoms with Gasteiger partial charge in [-0.05, 0) is 20.3 Å². The number of hydrogen-bond donors (Lipinski definition) is 4. The summed E-state index contributed by atoms with van der Waals surface area (Å²) in [5.74, 6) is -1.65. The van der Waals surface area contributed by atoms with Gasteiger partial charge in [0.15, 0.2) is 0 Å². The second-order valence-corrected chi connectivity index (χ2v) is 4.55. The van der Waals surface area contributed by atoms with Gasteiger partial charge in [-0.3, -0.25) is 9.59 Å². The molecule has 0 aliphatic rings. The van der Waals surface area contributed by atoms with Crippen LogP contribution in [-0.4, -0.2) is 42.1 Å². The normalized spacial score (nSPS) is 11.8. The number of carbonyl (C=O) groups is 3. The van der Waals surface area contributed by atoms with Gasteiger partial charge in [0.1, 0.15) is 0 Å². The van der Waals surface area contributed by atoms with Crippen LogP contribution in [0.2, 0.25) is 0 Å². The number of aliphatic carboxylic acids is 1. The number of carboxylic acid groups (broad SMARTS) is 1. The molecule has 110 valence electrons. The molecule has 0 saturated carbocycles. The lowest BCUT2D eigenvalue weighted by atomic mass is 10.1. The van der Waals surface area contributed by atoms with E-state index in [2.05, 4.69) is 16.0 Å². The fourth-order valence-corrected chi connectivity index (χ4v) is 1.37. The van der Waals surface area contributed by atoms with Gasteiger partial charge >= 0.3 is 12.0 Å². The zero-order chi connectivity index (χ0) is 14.8. The zero-order valence-corrected chi connectivity index (χ0v) is 11.7. The summed E-state index contributed by atoms with van der Waals surface area (Å²) in [4.78, 5) is 33.3. The van der Waals surface area contributed by atoms with E-state index in [1.165, 1.54) is 0 Å². The third-order valence-corrected chi connectivity index (χ3v) is 2.44. The minimum Gasteiger partial charge on any atom is -0.481 e. The quantitative estimate of drug-likeness (QED) is 0.510. The van der Waals surface area contributed by atoms with Gasteiger partial charge in [0.2, 0.25) is 5.91 Å². The summed E-state index contributed by atoms with van der Waals surface area (Å²) in [7, 11) is 0. The minimum absolute atomic E-state index is 0.0715. The van der Waals surface area contributed by atoms with Gasteiger partial charge in [0, 0.05) is 25.6 Å². The van der Waals surface area contributed by atoms with Gasteiger partial charge in [-0.25, -0.2) is 4.79 Å². The van der Waals surface area contributed by atoms with Crippen LogP contribution in [0.1, 0.15) is 33.6 Å². The van der Waals surface area contributed by atoms with Crippen LogP contribution in [0, 0.1) is 5.92 Å². The molecule has 0 heterocycles. The highest BCUT2D eigenvalue weighted by Crippen LogP contribution is 1.99. The Kier molecular flexibility index (Phi) is 8.32. The number of rotatable bonds is 8. The van der Waals surface area contributed by atoms with E-state index in [0.717, 1.165) is 0 Å². The molecular weight excluding hydrogens is 250 g/mol. The van der Waals surface area contributed by atoms with Gasteiger partial charge in [-0.15, -0.1) is 0 Å². The molecular formula is C12H23N3O4. The van der Waals surface area contributed by atoms with Crippen molar-refractivity contribution in [2.45, 2.75) is 39.7 Å². The Bertz CT molecular complexity index is 318. The van der Waals surface area contributed by atoms with Gasteiger partial charge in [-0.1, -0.05) is 6.92 Å². The van der Waals surface area contributed by atoms with Crippen molar-refractivity contribution in [3.05, 3.63) is 0 Å². The van der Waals surface area contributed by atoms with Crippen LogP contribution in [0.3, 0.4) is 0 Å². The Balaban J connectivity index is 3.76. The van der Waals surface area contributed by atoms with Crippen LogP contribution in [-0.2, 0) is 9.59 Å². The van der Waals surface area contributed by atoms with E-state index in [9.17, 15) is 14.4 Å². The molecule has 0 aromatic carbocycles. The molecule has 0 aliphatic heterocycles. The van der Waals surface area contributed by atoms with Crippen LogP contribution in [0.5, 0.6) is 0 Å². The highest BCUT2D eigenvalue weighted by Gasteiger charge is 2.15. The highest BCUT2D eigenvalue weighted by atomic mass is 16.4. The molecule has 0 bridgehead atoms. The highest BCUT2D eigenvalue weighted by molar-refractivity contribution is 5.78. The molecule has 0 aromatic heterocycles. The number of carbonyl (C=O) groups excluding carboxylic acids is 2. The summed E-state index contributed by atoms with van der Waals surface area (Å²) in [5, 5.41) is 16.5. The zero-order valence-electron chi connectivity index (χ0n) is 11.7. The van der Waals surface area contributed by atoms with Crippen molar-refractivity contribution in [3.8, 4) is 0 Å². The first-order chi connectivity index (χ1) is 8.86. The average Bonchev–Trinajstić information content (AvgIpc) is 2.28. The van der Waals surface area contributed by atoms with E-state index < -0.39 is 17.9 Å². The second kappa shape index (κ2) is 9.18. The van der Waals surface area contributed by atoms with Crippen molar-refractivity contribution in [2.24, 2.45) is 5.92 Å². The van der Waals surface area contributed by atoms with Crippen molar-refractivity contribution in [1.82, 2.24) is 16.0 Å². The van der Waals surface area contributed by atoms with Crippen molar-refractivity contribution < 1.29 is 19.5 Å². The van der Waals surface area contributed by atoms with E-state index >= 15 is 0 Å². The Labute approximate surface area is 113 Å². The monoisotopic (exact) mass is 273 g/mol. The summed E-state index contributed by atoms with van der Waals surface area (Å²) in [6.45, 7) is 5.75. The molecule has 0 aliphatic carbocycles. The molecule has 0 saturated heterocycles. The lowest BCUT2D eigenvalue weighted by Crippen LogP contribution is -2.41. The molecule has 0 rings (SSSR count). The smallest absolute Gasteiger partial charge is 0.314 e. The number of amides is 3. The largest absolute Gasteiger partial charge is 0.481 e. The molecule has 1 unspecified atom stereocenters. The van der Waals surface area contributed by atoms with Crippen molar-refractivity contribution in [3.63, 3.8) is 0 Å². The molecule has 0 aromatic rings. The van der Waals surface area contributed by atoms with Crippen LogP contribution in [0.25, 0.3) is 0 Å². The second-order valence-electron chi connectivity index (χ2n) is 4.55. The van der Waals surface area contributed by atoms with E-state index in [-0.39, 0.29) is 31.5 Å². The maximum atomic E-state index is 11.3. The molecule has 0 spiro atoms. The lowest BCUT2D eigenvalue weighted by Gasteiger charge is -2.12. The first kappa shape index (κ1) is 17.2. The topological polar surface area (TPSA) is 108 Å². The predicted molar refractivity (Wildman–Crippen MR) is 70.7 cm³/mol. The summed E-state index contributed by atoms with van der Waals surface area (Å²) in [5.41, 5.74) is 0. The Hall–Kier alpha value is -1.79. The van der Waals surface area contributed by atoms with Crippen LogP contribution >= 0.6 is 0 Å². The number of hydrogen-bond acceptors (Lipinski definition) is 3. The number of nitrogens with one attached hydrogen (secondary N) is 3. The number of carboxylic acids is 1. The molecule has 7 nitrogen and oxygen atoms in total. The molecule has 0 radical (unpaired) electrons. The van der Waals surface area contributed by atoms with E-state index in [1.807, 2.05) is 13.8 Å². The molecule has 4 N–H and O–H groups in total. The SMILES string of the molecule is CCC(CNC(=O)NCCC(=O)NC(C)C)C(=O)O. The maximum Gasteiger partial charge on any atom is 0.314 e. The molecule has 19 heavy (non-hydrogen) atoms. The average molecular weight is 273 g/mol. The molecule has 0 fully saturated rings. The first-order valence-corrected chi connectivity index (χ1v) is 6.40. The van der Waals surface area contributed by atoms with Crippen LogP contribution in [0.4, 0.5) is 4.79 Å². The van der Waals surface area contributed by atoms with E-state index in [0.29, 0.717) is 6.42 Å². The Morgan fingerprint density at radius 3 is 2.26 bits per heavy atom. The third-order valence-electron chi connectivity index (χ3n) is 2.44. The minimum atomic E-state index is -0.931. The molecule has 7 heteroatoms. The van der Waals surface area contributed by atoms with Crippen molar-refractivity contribution >= 4 is 17.9 Å². The third kappa shape index (κ3) is 8.87. The fourth-order valence-electron chi connectivity index (χ4n) is 1.37. The summed E-state index contributed by atoms with van der Waals surface area (Å²) in [6.07, 6.45) is 0.647. The van der Waals surface area contributed by atoms with Crippen LogP contribution < -0.4 is 16.0 Å². The first-order valence-electron chi connectivity index (χ1n) is 6.40. The van der Waals surface area contributed by atoms with Crippen molar-refractivity contribution in [1.29, 1.82) is 0 Å². The number of urea groups is 1. The van der Waals surface area contributed by atoms with Gasteiger partial charge in [-0.2, -0.15) is 0 Å². The van der Waals surface area contributed by atoms with E-state index in [1.54, 1.807) is 6.92 Å². The van der Waals surface area contributed by atoms with Crippen LogP contribution in [0.15, 0.2) is 0 Å². The summed E-state index contributed by atoms with van der Waals surface area (Å²) < 4.78 is 0. The lowest BCUT2D eigenvalue weighted by molar-refractivity contribution is -0.141. The maximum absolute atomic E-state index is 11.3. The Morgan fingerprint density at radius 1 is 1.16 bits per heavy atom. The standard InChI is InChI=1S/C12H23N3O4/c1-4-9(11(17)18)7-14-12(19)13-6-5-10(16)15-8(2)3/h8-9H,4-7H2,1-3H3,(H,15,16)(H,17,18)(H2,13,14,19). The molecule has 3 amide bonds. The van der Waals surface area contributed by atoms with Gasteiger partial charge < -0.3 is 21.1 Å². The molecule has 1 atom stereocenters. The summed E-state index contributed by atoms with van der Waals surface area (Å²) >= 11 is 0. The fraction of sp³-hybridized carbons (Fsp3) is 0.750. The summed E-state index contributed by atoms with van der Waals surface area (Å²) in [6, 6.07) is -0.390. The van der Waals surface area contributed by atoms with E-state index in [4.69, 9.17) is 5.11 Å².